The molecule has 0 aromatic carbocycles. The average molecular weight is 253 g/mol. The zero-order valence-electron chi connectivity index (χ0n) is 10.6. The lowest BCUT2D eigenvalue weighted by Crippen LogP contribution is -2.39. The summed E-state index contributed by atoms with van der Waals surface area (Å²) in [4.78, 5) is 4.41. The fraction of sp³-hybridized carbons (Fsp3) is 0.769. The lowest BCUT2D eigenvalue weighted by atomic mass is 10.1. The van der Waals surface area contributed by atoms with Crippen LogP contribution >= 0.6 is 11.3 Å². The Morgan fingerprint density at radius 2 is 2.47 bits per heavy atom. The Balaban J connectivity index is 1.79. The predicted molar refractivity (Wildman–Crippen MR) is 73.4 cm³/mol. The van der Waals surface area contributed by atoms with Gasteiger partial charge in [0.15, 0.2) is 0 Å². The summed E-state index contributed by atoms with van der Waals surface area (Å²) in [5.41, 5.74) is 0. The van der Waals surface area contributed by atoms with E-state index in [1.165, 1.54) is 37.2 Å². The third kappa shape index (κ3) is 4.05. The van der Waals surface area contributed by atoms with Crippen molar-refractivity contribution in [1.82, 2.24) is 15.6 Å². The minimum absolute atomic E-state index is 0.431. The normalized spacial score (nSPS) is 23.2. The third-order valence-electron chi connectivity index (χ3n) is 3.43. The standard InChI is InChI=1S/C13H23N3S/c1-2-12(13-15-8-9-17-13)16-10-11-6-4-3-5-7-14-11/h8-9,11-12,14,16H,2-7,10H2,1H3. The van der Waals surface area contributed by atoms with Gasteiger partial charge >= 0.3 is 0 Å². The maximum atomic E-state index is 4.41. The van der Waals surface area contributed by atoms with Gasteiger partial charge in [0.05, 0.1) is 6.04 Å². The molecule has 0 bridgehead atoms. The van der Waals surface area contributed by atoms with Crippen LogP contribution in [0, 0.1) is 0 Å². The number of hydrogen-bond donors (Lipinski definition) is 2. The largest absolute Gasteiger partial charge is 0.313 e. The fourth-order valence-electron chi connectivity index (χ4n) is 2.37. The van der Waals surface area contributed by atoms with Crippen LogP contribution < -0.4 is 10.6 Å². The zero-order chi connectivity index (χ0) is 11.9. The summed E-state index contributed by atoms with van der Waals surface area (Å²) in [6.07, 6.45) is 8.40. The van der Waals surface area contributed by atoms with Crippen LogP contribution in [0.2, 0.25) is 0 Å². The molecule has 1 fully saturated rings. The van der Waals surface area contributed by atoms with E-state index in [9.17, 15) is 0 Å². The lowest BCUT2D eigenvalue weighted by molar-refractivity contribution is 0.425. The molecule has 1 aromatic heterocycles. The average Bonchev–Trinajstić information content (AvgIpc) is 2.74. The van der Waals surface area contributed by atoms with E-state index in [0.717, 1.165) is 13.0 Å². The lowest BCUT2D eigenvalue weighted by Gasteiger charge is -2.20. The molecule has 0 aliphatic carbocycles. The fourth-order valence-corrected chi connectivity index (χ4v) is 3.17. The molecule has 0 amide bonds. The third-order valence-corrected chi connectivity index (χ3v) is 4.32. The van der Waals surface area contributed by atoms with Gasteiger partial charge in [0, 0.05) is 24.2 Å². The quantitative estimate of drug-likeness (QED) is 0.847. The molecule has 3 nitrogen and oxygen atoms in total. The van der Waals surface area contributed by atoms with Gasteiger partial charge in [-0.2, -0.15) is 0 Å². The van der Waals surface area contributed by atoms with Crippen LogP contribution in [0.4, 0.5) is 0 Å². The van der Waals surface area contributed by atoms with Crippen molar-refractivity contribution in [2.24, 2.45) is 0 Å². The summed E-state index contributed by atoms with van der Waals surface area (Å²) in [6.45, 7) is 4.47. The van der Waals surface area contributed by atoms with Crippen LogP contribution in [0.25, 0.3) is 0 Å². The van der Waals surface area contributed by atoms with Gasteiger partial charge < -0.3 is 10.6 Å². The highest BCUT2D eigenvalue weighted by Crippen LogP contribution is 2.19. The molecule has 2 N–H and O–H groups in total. The molecule has 0 spiro atoms. The molecule has 1 aromatic rings. The van der Waals surface area contributed by atoms with E-state index in [0.29, 0.717) is 12.1 Å². The second-order valence-electron chi connectivity index (χ2n) is 4.74. The van der Waals surface area contributed by atoms with E-state index in [2.05, 4.69) is 27.9 Å². The first kappa shape index (κ1) is 13.0. The first-order chi connectivity index (χ1) is 8.40. The maximum absolute atomic E-state index is 4.41. The molecule has 1 saturated heterocycles. The van der Waals surface area contributed by atoms with E-state index in [1.807, 2.05) is 6.20 Å². The molecule has 0 saturated carbocycles. The first-order valence-corrected chi connectivity index (χ1v) is 7.64. The van der Waals surface area contributed by atoms with Crippen LogP contribution in [-0.2, 0) is 0 Å². The topological polar surface area (TPSA) is 37.0 Å². The summed E-state index contributed by atoms with van der Waals surface area (Å²) in [6, 6.07) is 1.08. The monoisotopic (exact) mass is 253 g/mol. The van der Waals surface area contributed by atoms with Crippen molar-refractivity contribution in [2.75, 3.05) is 13.1 Å². The van der Waals surface area contributed by atoms with Crippen LogP contribution in [0.15, 0.2) is 11.6 Å². The highest BCUT2D eigenvalue weighted by molar-refractivity contribution is 7.09. The molecule has 2 unspecified atom stereocenters. The summed E-state index contributed by atoms with van der Waals surface area (Å²) in [7, 11) is 0. The molecule has 17 heavy (non-hydrogen) atoms. The summed E-state index contributed by atoms with van der Waals surface area (Å²) >= 11 is 1.75. The molecule has 1 aliphatic heterocycles. The first-order valence-electron chi connectivity index (χ1n) is 6.76. The molecule has 2 atom stereocenters. The van der Waals surface area contributed by atoms with Gasteiger partial charge in [-0.3, -0.25) is 0 Å². The van der Waals surface area contributed by atoms with Crippen LogP contribution in [0.1, 0.15) is 50.1 Å². The zero-order valence-corrected chi connectivity index (χ0v) is 11.4. The Bertz CT molecular complexity index is 292. The van der Waals surface area contributed by atoms with Crippen molar-refractivity contribution in [3.8, 4) is 0 Å². The number of thiazole rings is 1. The molecular weight excluding hydrogens is 230 g/mol. The number of hydrogen-bond acceptors (Lipinski definition) is 4. The molecule has 2 rings (SSSR count). The Morgan fingerprint density at radius 1 is 1.53 bits per heavy atom. The van der Waals surface area contributed by atoms with E-state index in [1.54, 1.807) is 11.3 Å². The van der Waals surface area contributed by atoms with E-state index in [-0.39, 0.29) is 0 Å². The Kier molecular flexibility index (Phi) is 5.42. The Morgan fingerprint density at radius 3 is 3.24 bits per heavy atom. The summed E-state index contributed by atoms with van der Waals surface area (Å²) in [5.74, 6) is 0. The minimum atomic E-state index is 0.431. The van der Waals surface area contributed by atoms with E-state index >= 15 is 0 Å². The number of nitrogens with zero attached hydrogens (tertiary/aromatic N) is 1. The van der Waals surface area contributed by atoms with Crippen molar-refractivity contribution in [3.05, 3.63) is 16.6 Å². The Hall–Kier alpha value is -0.450. The Labute approximate surface area is 108 Å². The van der Waals surface area contributed by atoms with E-state index in [4.69, 9.17) is 0 Å². The van der Waals surface area contributed by atoms with E-state index < -0.39 is 0 Å². The van der Waals surface area contributed by atoms with Gasteiger partial charge in [-0.15, -0.1) is 11.3 Å². The van der Waals surface area contributed by atoms with Gasteiger partial charge in [0.25, 0.3) is 0 Å². The van der Waals surface area contributed by atoms with Crippen molar-refractivity contribution < 1.29 is 0 Å². The van der Waals surface area contributed by atoms with Gasteiger partial charge in [0.2, 0.25) is 0 Å². The predicted octanol–water partition coefficient (Wildman–Crippen LogP) is 2.72. The van der Waals surface area contributed by atoms with Gasteiger partial charge in [0.1, 0.15) is 5.01 Å². The van der Waals surface area contributed by atoms with Crippen molar-refractivity contribution >= 4 is 11.3 Å². The van der Waals surface area contributed by atoms with Crippen molar-refractivity contribution in [2.45, 2.75) is 51.1 Å². The summed E-state index contributed by atoms with van der Waals surface area (Å²) in [5, 5.41) is 10.6. The van der Waals surface area contributed by atoms with Crippen molar-refractivity contribution in [3.63, 3.8) is 0 Å². The van der Waals surface area contributed by atoms with Gasteiger partial charge in [-0.1, -0.05) is 19.8 Å². The summed E-state index contributed by atoms with van der Waals surface area (Å²) < 4.78 is 0. The molecule has 2 heterocycles. The molecule has 96 valence electrons. The molecule has 0 radical (unpaired) electrons. The maximum Gasteiger partial charge on any atom is 0.109 e. The number of aromatic nitrogens is 1. The van der Waals surface area contributed by atoms with Crippen LogP contribution in [0.5, 0.6) is 0 Å². The van der Waals surface area contributed by atoms with Crippen LogP contribution in [-0.4, -0.2) is 24.1 Å². The molecule has 4 heteroatoms. The van der Waals surface area contributed by atoms with Gasteiger partial charge in [-0.25, -0.2) is 4.98 Å². The smallest absolute Gasteiger partial charge is 0.109 e. The number of nitrogens with one attached hydrogen (secondary N) is 2. The molecular formula is C13H23N3S. The van der Waals surface area contributed by atoms with Crippen LogP contribution in [0.3, 0.4) is 0 Å². The second-order valence-corrected chi connectivity index (χ2v) is 5.67. The van der Waals surface area contributed by atoms with Gasteiger partial charge in [-0.05, 0) is 25.8 Å². The minimum Gasteiger partial charge on any atom is -0.313 e. The van der Waals surface area contributed by atoms with Crippen molar-refractivity contribution in [1.29, 1.82) is 0 Å². The highest BCUT2D eigenvalue weighted by atomic mass is 32.1. The molecule has 1 aliphatic rings. The number of rotatable bonds is 5. The second kappa shape index (κ2) is 7.09. The SMILES string of the molecule is CCC(NCC1CCCCCN1)c1nccs1. The highest BCUT2D eigenvalue weighted by Gasteiger charge is 2.15.